The number of hydrogen-bond donors (Lipinski definition) is 3. The number of aromatic nitrogens is 1. The van der Waals surface area contributed by atoms with Gasteiger partial charge in [0.25, 0.3) is 0 Å². The number of nitrogens with two attached hydrogens (primary N) is 1. The van der Waals surface area contributed by atoms with Gasteiger partial charge in [-0.1, -0.05) is 17.7 Å². The highest BCUT2D eigenvalue weighted by Gasteiger charge is 2.09. The lowest BCUT2D eigenvalue weighted by Gasteiger charge is -2.08. The lowest BCUT2D eigenvalue weighted by atomic mass is 10.2. The Kier molecular flexibility index (Phi) is 3.81. The molecule has 0 saturated carbocycles. The summed E-state index contributed by atoms with van der Waals surface area (Å²) in [5.41, 5.74) is 7.45. The fraction of sp³-hybridized carbons (Fsp3) is 0. The summed E-state index contributed by atoms with van der Waals surface area (Å²) in [6, 6.07) is 10.3. The first-order valence-corrected chi connectivity index (χ1v) is 7.24. The SMILES string of the molecule is Nc1ccc(NSc2c[nH]c3cc(Cl)ccc23)c(OF)c1. The van der Waals surface area contributed by atoms with Crippen molar-refractivity contribution in [1.29, 1.82) is 0 Å². The molecular formula is C14H11ClFN3OS. The van der Waals surface area contributed by atoms with E-state index >= 15 is 0 Å². The molecule has 0 atom stereocenters. The largest absolute Gasteiger partial charge is 0.399 e. The van der Waals surface area contributed by atoms with E-state index in [4.69, 9.17) is 17.3 Å². The van der Waals surface area contributed by atoms with Crippen LogP contribution >= 0.6 is 23.5 Å². The first kappa shape index (κ1) is 13.9. The molecule has 0 radical (unpaired) electrons. The van der Waals surface area contributed by atoms with Crippen LogP contribution in [0.25, 0.3) is 10.9 Å². The summed E-state index contributed by atoms with van der Waals surface area (Å²) in [6.07, 6.45) is 1.85. The van der Waals surface area contributed by atoms with Crippen molar-refractivity contribution in [1.82, 2.24) is 4.98 Å². The summed E-state index contributed by atoms with van der Waals surface area (Å²) in [5, 5.41) is 1.69. The molecule has 0 bridgehead atoms. The highest BCUT2D eigenvalue weighted by atomic mass is 35.5. The lowest BCUT2D eigenvalue weighted by Crippen LogP contribution is -1.92. The quantitative estimate of drug-likeness (QED) is 0.477. The first-order valence-electron chi connectivity index (χ1n) is 6.05. The van der Waals surface area contributed by atoms with Crippen molar-refractivity contribution in [2.24, 2.45) is 0 Å². The van der Waals surface area contributed by atoms with Crippen LogP contribution in [0.5, 0.6) is 5.75 Å². The molecule has 4 N–H and O–H groups in total. The Morgan fingerprint density at radius 2 is 2.10 bits per heavy atom. The number of nitrogen functional groups attached to an aromatic ring is 1. The van der Waals surface area contributed by atoms with Crippen molar-refractivity contribution in [2.75, 3.05) is 10.5 Å². The van der Waals surface area contributed by atoms with Crippen LogP contribution in [0.1, 0.15) is 0 Å². The van der Waals surface area contributed by atoms with Crippen molar-refractivity contribution in [3.05, 3.63) is 47.6 Å². The van der Waals surface area contributed by atoms with Crippen LogP contribution in [0.3, 0.4) is 0 Å². The summed E-state index contributed by atoms with van der Waals surface area (Å²) in [7, 11) is 0. The second-order valence-electron chi connectivity index (χ2n) is 4.38. The normalized spacial score (nSPS) is 10.8. The van der Waals surface area contributed by atoms with E-state index in [1.165, 1.54) is 18.0 Å². The Labute approximate surface area is 129 Å². The summed E-state index contributed by atoms with van der Waals surface area (Å²) in [6.45, 7) is 0. The van der Waals surface area contributed by atoms with Crippen LogP contribution in [-0.2, 0) is 0 Å². The minimum atomic E-state index is 0.0467. The van der Waals surface area contributed by atoms with Gasteiger partial charge in [-0.2, -0.15) is 0 Å². The minimum absolute atomic E-state index is 0.0467. The number of anilines is 2. The zero-order chi connectivity index (χ0) is 14.8. The topological polar surface area (TPSA) is 63.1 Å². The number of nitrogens with one attached hydrogen (secondary N) is 2. The summed E-state index contributed by atoms with van der Waals surface area (Å²) >= 11 is 7.28. The average molecular weight is 324 g/mol. The average Bonchev–Trinajstić information content (AvgIpc) is 2.88. The molecule has 0 fully saturated rings. The summed E-state index contributed by atoms with van der Waals surface area (Å²) in [4.78, 5) is 7.91. The number of benzene rings is 2. The van der Waals surface area contributed by atoms with Crippen LogP contribution in [0, 0.1) is 0 Å². The Bertz CT molecular complexity index is 793. The standard InChI is InChI=1S/C14H11ClFN3OS/c15-8-1-3-10-12(5-8)18-7-14(10)21-19-11-4-2-9(17)6-13(11)20-16/h1-7,18-19H,17H2. The van der Waals surface area contributed by atoms with Crippen LogP contribution in [0.4, 0.5) is 15.9 Å². The molecule has 0 spiro atoms. The van der Waals surface area contributed by atoms with Gasteiger partial charge in [0.05, 0.1) is 10.6 Å². The lowest BCUT2D eigenvalue weighted by molar-refractivity contribution is -0.00513. The van der Waals surface area contributed by atoms with Gasteiger partial charge in [0.1, 0.15) is 0 Å². The van der Waals surface area contributed by atoms with Gasteiger partial charge in [0.15, 0.2) is 5.75 Å². The smallest absolute Gasteiger partial charge is 0.197 e. The predicted molar refractivity (Wildman–Crippen MR) is 85.4 cm³/mol. The zero-order valence-corrected chi connectivity index (χ0v) is 12.3. The molecule has 1 aromatic heterocycles. The van der Waals surface area contributed by atoms with E-state index in [9.17, 15) is 4.53 Å². The van der Waals surface area contributed by atoms with Gasteiger partial charge >= 0.3 is 0 Å². The molecule has 0 aliphatic rings. The summed E-state index contributed by atoms with van der Waals surface area (Å²) < 4.78 is 15.5. The second kappa shape index (κ2) is 5.75. The van der Waals surface area contributed by atoms with E-state index in [1.54, 1.807) is 12.1 Å². The highest BCUT2D eigenvalue weighted by molar-refractivity contribution is 8.00. The molecular weight excluding hydrogens is 313 g/mol. The number of rotatable bonds is 4. The van der Waals surface area contributed by atoms with Crippen LogP contribution in [-0.4, -0.2) is 4.98 Å². The molecule has 1 heterocycles. The number of H-pyrrole nitrogens is 1. The molecule has 3 rings (SSSR count). The van der Waals surface area contributed by atoms with Crippen LogP contribution < -0.4 is 15.4 Å². The Morgan fingerprint density at radius 3 is 2.90 bits per heavy atom. The van der Waals surface area contributed by atoms with E-state index in [1.807, 2.05) is 24.4 Å². The Morgan fingerprint density at radius 1 is 1.24 bits per heavy atom. The third kappa shape index (κ3) is 2.86. The fourth-order valence-electron chi connectivity index (χ4n) is 1.95. The van der Waals surface area contributed by atoms with Gasteiger partial charge in [-0.3, -0.25) is 4.94 Å². The van der Waals surface area contributed by atoms with Crippen molar-refractivity contribution in [3.63, 3.8) is 0 Å². The van der Waals surface area contributed by atoms with Crippen molar-refractivity contribution >= 4 is 45.8 Å². The van der Waals surface area contributed by atoms with E-state index in [2.05, 4.69) is 14.6 Å². The third-order valence-electron chi connectivity index (χ3n) is 2.97. The fourth-order valence-corrected chi connectivity index (χ4v) is 2.92. The van der Waals surface area contributed by atoms with Gasteiger partial charge in [0.2, 0.25) is 0 Å². The van der Waals surface area contributed by atoms with Gasteiger partial charge in [-0.15, -0.1) is 0 Å². The van der Waals surface area contributed by atoms with E-state index < -0.39 is 0 Å². The molecule has 3 aromatic rings. The second-order valence-corrected chi connectivity index (χ2v) is 5.66. The summed E-state index contributed by atoms with van der Waals surface area (Å²) in [5.74, 6) is 0.0467. The van der Waals surface area contributed by atoms with E-state index in [0.717, 1.165) is 15.8 Å². The van der Waals surface area contributed by atoms with Crippen LogP contribution in [0.15, 0.2) is 47.5 Å². The molecule has 0 saturated heterocycles. The Hall–Kier alpha value is -2.05. The molecule has 7 heteroatoms. The first-order chi connectivity index (χ1) is 10.2. The molecule has 21 heavy (non-hydrogen) atoms. The van der Waals surface area contributed by atoms with Gasteiger partial charge in [0, 0.05) is 38.4 Å². The predicted octanol–water partition coefficient (Wildman–Crippen LogP) is 4.79. The number of halogens is 2. The van der Waals surface area contributed by atoms with Gasteiger partial charge in [-0.25, -0.2) is 0 Å². The maximum Gasteiger partial charge on any atom is 0.197 e. The minimum Gasteiger partial charge on any atom is -0.399 e. The zero-order valence-electron chi connectivity index (χ0n) is 10.7. The van der Waals surface area contributed by atoms with Crippen molar-refractivity contribution in [2.45, 2.75) is 4.90 Å². The number of aromatic amines is 1. The third-order valence-corrected chi connectivity index (χ3v) is 4.08. The molecule has 4 nitrogen and oxygen atoms in total. The monoisotopic (exact) mass is 323 g/mol. The van der Waals surface area contributed by atoms with Gasteiger partial charge < -0.3 is 15.4 Å². The van der Waals surface area contributed by atoms with E-state index in [0.29, 0.717) is 16.4 Å². The maximum atomic E-state index is 12.5. The van der Waals surface area contributed by atoms with E-state index in [-0.39, 0.29) is 5.75 Å². The maximum absolute atomic E-state index is 12.5. The van der Waals surface area contributed by atoms with Crippen molar-refractivity contribution < 1.29 is 9.47 Å². The molecule has 0 aliphatic carbocycles. The number of hydrogen-bond acceptors (Lipinski definition) is 4. The highest BCUT2D eigenvalue weighted by Crippen LogP contribution is 2.34. The molecule has 0 unspecified atom stereocenters. The molecule has 0 aliphatic heterocycles. The van der Waals surface area contributed by atoms with Crippen LogP contribution in [0.2, 0.25) is 5.02 Å². The Balaban J connectivity index is 1.83. The molecule has 2 aromatic carbocycles. The number of fused-ring (bicyclic) bond motifs is 1. The van der Waals surface area contributed by atoms with Crippen molar-refractivity contribution in [3.8, 4) is 5.75 Å². The molecule has 108 valence electrons. The van der Waals surface area contributed by atoms with Gasteiger partial charge in [-0.05, 0) is 36.2 Å². The molecule has 0 amide bonds.